The Morgan fingerprint density at radius 2 is 1.95 bits per heavy atom. The quantitative estimate of drug-likeness (QED) is 0.701. The van der Waals surface area contributed by atoms with Crippen LogP contribution in [0.2, 0.25) is 0 Å². The summed E-state index contributed by atoms with van der Waals surface area (Å²) in [6.07, 6.45) is 0. The lowest BCUT2D eigenvalue weighted by Crippen LogP contribution is -1.99. The minimum absolute atomic E-state index is 0.614. The molecular weight excluding hydrogens is 334 g/mol. The zero-order valence-electron chi connectivity index (χ0n) is 10.4. The van der Waals surface area contributed by atoms with E-state index in [2.05, 4.69) is 39.1 Å². The smallest absolute Gasteiger partial charge is 0.178 e. The molecule has 0 aliphatic rings. The van der Waals surface area contributed by atoms with Crippen LogP contribution in [0, 0.1) is 16.1 Å². The molecule has 3 rings (SSSR count). The lowest BCUT2D eigenvalue weighted by atomic mass is 10.2. The van der Waals surface area contributed by atoms with Crippen molar-refractivity contribution in [1.29, 1.82) is 5.26 Å². The normalized spacial score (nSPS) is 10.6. The average Bonchev–Trinajstić information content (AvgIpc) is 2.77. The molecule has 0 radical (unpaired) electrons. The first-order chi connectivity index (χ1) is 9.69. The predicted molar refractivity (Wildman–Crippen MR) is 85.1 cm³/mol. The zero-order valence-corrected chi connectivity index (χ0v) is 12.8. The Labute approximate surface area is 129 Å². The molecule has 0 saturated carbocycles. The van der Waals surface area contributed by atoms with Gasteiger partial charge in [-0.1, -0.05) is 34.1 Å². The second-order valence-corrected chi connectivity index (χ2v) is 5.76. The number of nitrogens with zero attached hydrogens (tertiary/aromatic N) is 2. The molecule has 0 fully saturated rings. The van der Waals surface area contributed by atoms with Gasteiger partial charge in [-0.3, -0.25) is 0 Å². The molecule has 0 aliphatic heterocycles. The van der Waals surface area contributed by atoms with Crippen LogP contribution in [-0.4, -0.2) is 9.55 Å². The summed E-state index contributed by atoms with van der Waals surface area (Å²) in [6, 6.07) is 15.9. The lowest BCUT2D eigenvalue weighted by molar-refractivity contribution is 0.810. The van der Waals surface area contributed by atoms with Gasteiger partial charge in [0.15, 0.2) is 4.77 Å². The van der Waals surface area contributed by atoms with Crippen LogP contribution in [0.1, 0.15) is 11.1 Å². The van der Waals surface area contributed by atoms with Crippen molar-refractivity contribution >= 4 is 39.2 Å². The Balaban J connectivity index is 2.13. The minimum Gasteiger partial charge on any atom is -0.329 e. The van der Waals surface area contributed by atoms with Gasteiger partial charge in [0.2, 0.25) is 0 Å². The van der Waals surface area contributed by atoms with Gasteiger partial charge in [0.05, 0.1) is 23.1 Å². The molecule has 98 valence electrons. The van der Waals surface area contributed by atoms with Crippen LogP contribution in [-0.2, 0) is 6.54 Å². The zero-order chi connectivity index (χ0) is 14.1. The monoisotopic (exact) mass is 343 g/mol. The Morgan fingerprint density at radius 1 is 1.20 bits per heavy atom. The van der Waals surface area contributed by atoms with Crippen LogP contribution in [0.3, 0.4) is 0 Å². The number of imidazole rings is 1. The molecule has 1 aromatic heterocycles. The number of aromatic nitrogens is 2. The van der Waals surface area contributed by atoms with Crippen LogP contribution < -0.4 is 0 Å². The number of para-hydroxylation sites is 1. The SMILES string of the molecule is N#Cc1cccc2c1[nH]c(=S)n2Cc1ccc(Br)cc1. The summed E-state index contributed by atoms with van der Waals surface area (Å²) in [5.41, 5.74) is 3.53. The fourth-order valence-corrected chi connectivity index (χ4v) is 2.73. The van der Waals surface area contributed by atoms with E-state index in [0.717, 1.165) is 21.1 Å². The summed E-state index contributed by atoms with van der Waals surface area (Å²) in [5, 5.41) is 9.14. The van der Waals surface area contributed by atoms with Crippen LogP contribution in [0.25, 0.3) is 11.0 Å². The van der Waals surface area contributed by atoms with E-state index < -0.39 is 0 Å². The third-order valence-electron chi connectivity index (χ3n) is 3.18. The highest BCUT2D eigenvalue weighted by Gasteiger charge is 2.08. The Bertz CT molecular complexity index is 869. The first kappa shape index (κ1) is 13.1. The Hall–Kier alpha value is -1.90. The Kier molecular flexibility index (Phi) is 3.43. The van der Waals surface area contributed by atoms with Gasteiger partial charge in [0.25, 0.3) is 0 Å². The number of fused-ring (bicyclic) bond motifs is 1. The number of halogens is 1. The summed E-state index contributed by atoms with van der Waals surface area (Å²) >= 11 is 8.80. The summed E-state index contributed by atoms with van der Waals surface area (Å²) in [6.45, 7) is 0.682. The van der Waals surface area contributed by atoms with Gasteiger partial charge in [0, 0.05) is 4.47 Å². The highest BCUT2D eigenvalue weighted by atomic mass is 79.9. The third kappa shape index (κ3) is 2.28. The highest BCUT2D eigenvalue weighted by molar-refractivity contribution is 9.10. The number of nitrogens with one attached hydrogen (secondary N) is 1. The van der Waals surface area contributed by atoms with Gasteiger partial charge in [-0.05, 0) is 42.0 Å². The van der Waals surface area contributed by atoms with Gasteiger partial charge >= 0.3 is 0 Å². The predicted octanol–water partition coefficient (Wildman–Crippen LogP) is 4.38. The van der Waals surface area contributed by atoms with Crippen molar-refractivity contribution in [3.63, 3.8) is 0 Å². The second-order valence-electron chi connectivity index (χ2n) is 4.45. The molecule has 0 amide bonds. The largest absolute Gasteiger partial charge is 0.329 e. The van der Waals surface area contributed by atoms with Crippen LogP contribution in [0.15, 0.2) is 46.9 Å². The number of rotatable bonds is 2. The van der Waals surface area contributed by atoms with Crippen molar-refractivity contribution in [3.8, 4) is 6.07 Å². The molecule has 2 aromatic carbocycles. The molecule has 3 nitrogen and oxygen atoms in total. The highest BCUT2D eigenvalue weighted by Crippen LogP contribution is 2.20. The maximum absolute atomic E-state index is 9.14. The molecule has 0 atom stereocenters. The molecule has 20 heavy (non-hydrogen) atoms. The van der Waals surface area contributed by atoms with E-state index in [1.54, 1.807) is 6.07 Å². The number of nitriles is 1. The molecule has 0 bridgehead atoms. The molecule has 0 unspecified atom stereocenters. The summed E-state index contributed by atoms with van der Waals surface area (Å²) < 4.78 is 3.69. The van der Waals surface area contributed by atoms with Gasteiger partial charge in [-0.25, -0.2) is 0 Å². The second kappa shape index (κ2) is 5.23. The van der Waals surface area contributed by atoms with Gasteiger partial charge in [-0.2, -0.15) is 5.26 Å². The maximum Gasteiger partial charge on any atom is 0.178 e. The van der Waals surface area contributed by atoms with Crippen molar-refractivity contribution in [2.45, 2.75) is 6.54 Å². The van der Waals surface area contributed by atoms with E-state index in [-0.39, 0.29) is 0 Å². The van der Waals surface area contributed by atoms with E-state index in [9.17, 15) is 0 Å². The van der Waals surface area contributed by atoms with E-state index in [1.165, 1.54) is 0 Å². The molecule has 5 heteroatoms. The summed E-state index contributed by atoms with van der Waals surface area (Å²) in [7, 11) is 0. The fraction of sp³-hybridized carbons (Fsp3) is 0.0667. The molecule has 1 N–H and O–H groups in total. The third-order valence-corrected chi connectivity index (χ3v) is 4.04. The van der Waals surface area contributed by atoms with E-state index in [0.29, 0.717) is 16.9 Å². The lowest BCUT2D eigenvalue weighted by Gasteiger charge is -2.05. The number of aromatic amines is 1. The van der Waals surface area contributed by atoms with Crippen LogP contribution >= 0.6 is 28.1 Å². The van der Waals surface area contributed by atoms with Gasteiger partial charge in [0.1, 0.15) is 6.07 Å². The van der Waals surface area contributed by atoms with E-state index in [1.807, 2.05) is 28.8 Å². The van der Waals surface area contributed by atoms with E-state index >= 15 is 0 Å². The van der Waals surface area contributed by atoms with E-state index in [4.69, 9.17) is 17.5 Å². The molecule has 3 aromatic rings. The van der Waals surface area contributed by atoms with Crippen molar-refractivity contribution < 1.29 is 0 Å². The molecule has 0 spiro atoms. The van der Waals surface area contributed by atoms with Crippen molar-refractivity contribution in [2.24, 2.45) is 0 Å². The average molecular weight is 344 g/mol. The number of benzene rings is 2. The number of hydrogen-bond acceptors (Lipinski definition) is 2. The van der Waals surface area contributed by atoms with Crippen LogP contribution in [0.4, 0.5) is 0 Å². The van der Waals surface area contributed by atoms with Crippen molar-refractivity contribution in [1.82, 2.24) is 9.55 Å². The molecule has 0 saturated heterocycles. The summed E-state index contributed by atoms with van der Waals surface area (Å²) in [5.74, 6) is 0. The molecule has 1 heterocycles. The first-order valence-electron chi connectivity index (χ1n) is 6.05. The van der Waals surface area contributed by atoms with Gasteiger partial charge in [-0.15, -0.1) is 0 Å². The fourth-order valence-electron chi connectivity index (χ4n) is 2.20. The topological polar surface area (TPSA) is 44.5 Å². The molecular formula is C15H10BrN3S. The number of hydrogen-bond donors (Lipinski definition) is 1. The van der Waals surface area contributed by atoms with Crippen molar-refractivity contribution in [3.05, 3.63) is 62.8 Å². The molecule has 0 aliphatic carbocycles. The first-order valence-corrected chi connectivity index (χ1v) is 7.25. The van der Waals surface area contributed by atoms with Crippen molar-refractivity contribution in [2.75, 3.05) is 0 Å². The minimum atomic E-state index is 0.614. The standard InChI is InChI=1S/C15H10BrN3S/c16-12-6-4-10(5-7-12)9-19-13-3-1-2-11(8-17)14(13)18-15(19)20/h1-7H,9H2,(H,18,20). The maximum atomic E-state index is 9.14. The number of H-pyrrole nitrogens is 1. The Morgan fingerprint density at radius 3 is 2.65 bits per heavy atom. The van der Waals surface area contributed by atoms with Crippen LogP contribution in [0.5, 0.6) is 0 Å². The van der Waals surface area contributed by atoms with Gasteiger partial charge < -0.3 is 9.55 Å². The summed E-state index contributed by atoms with van der Waals surface area (Å²) in [4.78, 5) is 3.12.